The Labute approximate surface area is 156 Å². The minimum absolute atomic E-state index is 0.166. The molecule has 1 heterocycles. The average molecular weight is 368 g/mol. The third-order valence-electron chi connectivity index (χ3n) is 4.51. The van der Waals surface area contributed by atoms with Crippen molar-refractivity contribution in [2.45, 2.75) is 26.9 Å². The smallest absolute Gasteiger partial charge is 0.340 e. The fourth-order valence-electron chi connectivity index (χ4n) is 3.01. The third kappa shape index (κ3) is 3.79. The molecule has 0 fully saturated rings. The average Bonchev–Trinajstić information content (AvgIpc) is 2.65. The zero-order valence-corrected chi connectivity index (χ0v) is 15.4. The summed E-state index contributed by atoms with van der Waals surface area (Å²) in [7, 11) is 1.61. The molecule has 6 heteroatoms. The van der Waals surface area contributed by atoms with Crippen molar-refractivity contribution in [1.82, 2.24) is 0 Å². The highest BCUT2D eigenvalue weighted by molar-refractivity contribution is 5.86. The van der Waals surface area contributed by atoms with E-state index in [2.05, 4.69) is 0 Å². The second kappa shape index (κ2) is 7.53. The van der Waals surface area contributed by atoms with Crippen molar-refractivity contribution < 1.29 is 23.8 Å². The highest BCUT2D eigenvalue weighted by atomic mass is 16.5. The van der Waals surface area contributed by atoms with Gasteiger partial charge < -0.3 is 19.0 Å². The molecule has 0 spiro atoms. The third-order valence-corrected chi connectivity index (χ3v) is 4.51. The summed E-state index contributed by atoms with van der Waals surface area (Å²) in [6.45, 7) is 3.88. The zero-order valence-electron chi connectivity index (χ0n) is 15.4. The van der Waals surface area contributed by atoms with E-state index in [-0.39, 0.29) is 12.0 Å². The molecule has 0 aliphatic heterocycles. The highest BCUT2D eigenvalue weighted by Gasteiger charge is 2.17. The van der Waals surface area contributed by atoms with Gasteiger partial charge in [0.25, 0.3) is 0 Å². The summed E-state index contributed by atoms with van der Waals surface area (Å²) in [5.74, 6) is 0.275. The van der Waals surface area contributed by atoms with Crippen molar-refractivity contribution >= 4 is 16.9 Å². The number of hydrogen-bond acceptors (Lipinski definition) is 5. The van der Waals surface area contributed by atoms with Crippen LogP contribution < -0.4 is 15.1 Å². The number of methoxy groups -OCH3 is 1. The molecular weight excluding hydrogens is 348 g/mol. The van der Waals surface area contributed by atoms with Crippen molar-refractivity contribution in [3.8, 4) is 11.5 Å². The Bertz CT molecular complexity index is 1060. The van der Waals surface area contributed by atoms with Crippen LogP contribution >= 0.6 is 0 Å². The molecule has 0 radical (unpaired) electrons. The van der Waals surface area contributed by atoms with Crippen LogP contribution in [-0.2, 0) is 17.8 Å². The van der Waals surface area contributed by atoms with Gasteiger partial charge in [0.05, 0.1) is 19.1 Å². The monoisotopic (exact) mass is 368 g/mol. The SMILES string of the molecule is COc1cccc(COc2ccc3c(C)c(CC(=O)O)c(=O)oc3c2C)c1. The van der Waals surface area contributed by atoms with Gasteiger partial charge in [0.15, 0.2) is 0 Å². The van der Waals surface area contributed by atoms with Gasteiger partial charge in [-0.3, -0.25) is 4.79 Å². The molecule has 0 aliphatic carbocycles. The van der Waals surface area contributed by atoms with Crippen LogP contribution in [-0.4, -0.2) is 18.2 Å². The van der Waals surface area contributed by atoms with Crippen molar-refractivity contribution in [3.63, 3.8) is 0 Å². The number of carboxylic acids is 1. The number of rotatable bonds is 6. The van der Waals surface area contributed by atoms with Gasteiger partial charge in [-0.25, -0.2) is 4.79 Å². The van der Waals surface area contributed by atoms with Gasteiger partial charge in [0, 0.05) is 10.9 Å². The first kappa shape index (κ1) is 18.5. The fraction of sp³-hybridized carbons (Fsp3) is 0.238. The molecule has 6 nitrogen and oxygen atoms in total. The van der Waals surface area contributed by atoms with E-state index >= 15 is 0 Å². The molecule has 0 amide bonds. The summed E-state index contributed by atoms with van der Waals surface area (Å²) in [5, 5.41) is 9.70. The number of carbonyl (C=O) groups is 1. The molecule has 27 heavy (non-hydrogen) atoms. The van der Waals surface area contributed by atoms with Crippen LogP contribution in [0.3, 0.4) is 0 Å². The first-order valence-electron chi connectivity index (χ1n) is 8.44. The summed E-state index contributed by atoms with van der Waals surface area (Å²) in [6.07, 6.45) is -0.364. The lowest BCUT2D eigenvalue weighted by Crippen LogP contribution is -2.15. The first-order chi connectivity index (χ1) is 12.9. The Morgan fingerprint density at radius 2 is 1.93 bits per heavy atom. The molecule has 1 aromatic heterocycles. The standard InChI is InChI=1S/C21H20O6/c1-12-16-7-8-18(26-11-14-5-4-6-15(9-14)25-3)13(2)20(16)27-21(24)17(12)10-19(22)23/h4-9H,10-11H2,1-3H3,(H,22,23). The predicted molar refractivity (Wildman–Crippen MR) is 101 cm³/mol. The Morgan fingerprint density at radius 1 is 1.15 bits per heavy atom. The lowest BCUT2D eigenvalue weighted by atomic mass is 10.0. The highest BCUT2D eigenvalue weighted by Crippen LogP contribution is 2.30. The van der Waals surface area contributed by atoms with E-state index in [4.69, 9.17) is 19.0 Å². The van der Waals surface area contributed by atoms with Gasteiger partial charge in [0.1, 0.15) is 23.7 Å². The molecule has 0 saturated carbocycles. The Balaban J connectivity index is 1.95. The van der Waals surface area contributed by atoms with E-state index in [1.165, 1.54) is 0 Å². The number of aliphatic carboxylic acids is 1. The van der Waals surface area contributed by atoms with Gasteiger partial charge in [-0.2, -0.15) is 0 Å². The van der Waals surface area contributed by atoms with E-state index in [0.29, 0.717) is 34.5 Å². The molecule has 3 aromatic rings. The largest absolute Gasteiger partial charge is 0.497 e. The van der Waals surface area contributed by atoms with E-state index in [1.54, 1.807) is 26.2 Å². The summed E-state index contributed by atoms with van der Waals surface area (Å²) < 4.78 is 16.5. The van der Waals surface area contributed by atoms with Crippen LogP contribution in [0.2, 0.25) is 0 Å². The first-order valence-corrected chi connectivity index (χ1v) is 8.44. The Morgan fingerprint density at radius 3 is 2.63 bits per heavy atom. The zero-order chi connectivity index (χ0) is 19.6. The topological polar surface area (TPSA) is 86.0 Å². The number of aryl methyl sites for hydroxylation is 2. The van der Waals surface area contributed by atoms with E-state index in [1.807, 2.05) is 31.2 Å². The van der Waals surface area contributed by atoms with Crippen molar-refractivity contribution in [3.05, 3.63) is 69.1 Å². The normalized spacial score (nSPS) is 10.8. The summed E-state index contributed by atoms with van der Waals surface area (Å²) in [4.78, 5) is 23.2. The molecule has 0 unspecified atom stereocenters. The molecule has 0 atom stereocenters. The van der Waals surface area contributed by atoms with Crippen LogP contribution in [0.5, 0.6) is 11.5 Å². The molecule has 1 N–H and O–H groups in total. The Kier molecular flexibility index (Phi) is 5.16. The summed E-state index contributed by atoms with van der Waals surface area (Å²) >= 11 is 0. The number of ether oxygens (including phenoxy) is 2. The van der Waals surface area contributed by atoms with Gasteiger partial charge in [0.2, 0.25) is 0 Å². The summed E-state index contributed by atoms with van der Waals surface area (Å²) in [5.41, 5.74) is 2.21. The minimum Gasteiger partial charge on any atom is -0.497 e. The molecular formula is C21H20O6. The number of carboxylic acid groups (broad SMARTS) is 1. The van der Waals surface area contributed by atoms with Gasteiger partial charge in [-0.1, -0.05) is 12.1 Å². The van der Waals surface area contributed by atoms with E-state index in [9.17, 15) is 9.59 Å². The maximum atomic E-state index is 12.2. The molecule has 0 bridgehead atoms. The van der Waals surface area contributed by atoms with Crippen molar-refractivity contribution in [1.29, 1.82) is 0 Å². The number of hydrogen-bond donors (Lipinski definition) is 1. The molecule has 140 valence electrons. The van der Waals surface area contributed by atoms with Crippen LogP contribution in [0, 0.1) is 13.8 Å². The van der Waals surface area contributed by atoms with Gasteiger partial charge in [-0.15, -0.1) is 0 Å². The van der Waals surface area contributed by atoms with Gasteiger partial charge in [-0.05, 0) is 49.2 Å². The molecule has 3 rings (SSSR count). The fourth-order valence-corrected chi connectivity index (χ4v) is 3.01. The van der Waals surface area contributed by atoms with Crippen LogP contribution in [0.25, 0.3) is 11.0 Å². The van der Waals surface area contributed by atoms with Crippen LogP contribution in [0.1, 0.15) is 22.3 Å². The number of fused-ring (bicyclic) bond motifs is 1. The van der Waals surface area contributed by atoms with Crippen LogP contribution in [0.15, 0.2) is 45.6 Å². The minimum atomic E-state index is -1.07. The Hall–Kier alpha value is -3.28. The van der Waals surface area contributed by atoms with Crippen molar-refractivity contribution in [2.75, 3.05) is 7.11 Å². The molecule has 0 aliphatic rings. The van der Waals surface area contributed by atoms with E-state index in [0.717, 1.165) is 11.3 Å². The maximum absolute atomic E-state index is 12.2. The lowest BCUT2D eigenvalue weighted by molar-refractivity contribution is -0.136. The molecule has 2 aromatic carbocycles. The predicted octanol–water partition coefficient (Wildman–Crippen LogP) is 3.62. The molecule has 0 saturated heterocycles. The number of benzene rings is 2. The van der Waals surface area contributed by atoms with Crippen molar-refractivity contribution in [2.24, 2.45) is 0 Å². The second-order valence-electron chi connectivity index (χ2n) is 6.27. The van der Waals surface area contributed by atoms with Crippen LogP contribution in [0.4, 0.5) is 0 Å². The maximum Gasteiger partial charge on any atom is 0.340 e. The quantitative estimate of drug-likeness (QED) is 0.669. The van der Waals surface area contributed by atoms with E-state index < -0.39 is 11.6 Å². The second-order valence-corrected chi connectivity index (χ2v) is 6.27. The summed E-state index contributed by atoms with van der Waals surface area (Å²) in [6, 6.07) is 11.1. The van der Waals surface area contributed by atoms with Gasteiger partial charge >= 0.3 is 11.6 Å². The lowest BCUT2D eigenvalue weighted by Gasteiger charge is -2.13.